The summed E-state index contributed by atoms with van der Waals surface area (Å²) in [6.07, 6.45) is 4.35. The number of carbonyl (C=O) groups excluding carboxylic acids is 2. The average molecular weight is 535 g/mol. The number of likely N-dealkylation sites (tertiary alicyclic amines) is 1. The Bertz CT molecular complexity index is 1150. The minimum Gasteiger partial charge on any atom is -0.507 e. The van der Waals surface area contributed by atoms with Crippen molar-refractivity contribution < 1.29 is 28.9 Å². The van der Waals surface area contributed by atoms with Gasteiger partial charge in [-0.2, -0.15) is 0 Å². The molecule has 39 heavy (non-hydrogen) atoms. The van der Waals surface area contributed by atoms with Gasteiger partial charge in [-0.15, -0.1) is 0 Å². The van der Waals surface area contributed by atoms with Crippen LogP contribution in [0.3, 0.4) is 0 Å². The van der Waals surface area contributed by atoms with E-state index in [4.69, 9.17) is 14.2 Å². The molecule has 2 fully saturated rings. The van der Waals surface area contributed by atoms with E-state index < -0.39 is 17.7 Å². The number of benzene rings is 2. The lowest BCUT2D eigenvalue weighted by atomic mass is 9.95. The van der Waals surface area contributed by atoms with Crippen LogP contribution in [0.25, 0.3) is 5.76 Å². The number of ketones is 1. The number of unbranched alkanes of at least 4 members (excludes halogenated alkanes) is 1. The second kappa shape index (κ2) is 14.0. The van der Waals surface area contributed by atoms with Gasteiger partial charge in [0.1, 0.15) is 23.9 Å². The van der Waals surface area contributed by atoms with Gasteiger partial charge in [0.15, 0.2) is 0 Å². The number of ether oxygens (including phenoxy) is 3. The Morgan fingerprint density at radius 3 is 2.33 bits per heavy atom. The zero-order chi connectivity index (χ0) is 27.6. The number of nitrogens with zero attached hydrogens (tertiary/aromatic N) is 2. The lowest BCUT2D eigenvalue weighted by Gasteiger charge is -2.29. The number of carbonyl (C=O) groups is 2. The summed E-state index contributed by atoms with van der Waals surface area (Å²) in [6.45, 7) is 11.1. The maximum Gasteiger partial charge on any atom is 0.295 e. The largest absolute Gasteiger partial charge is 0.507 e. The fraction of sp³-hybridized carbons (Fsp3) is 0.419. The first-order valence-electron chi connectivity index (χ1n) is 13.7. The highest BCUT2D eigenvalue weighted by Crippen LogP contribution is 2.40. The molecule has 0 aromatic heterocycles. The van der Waals surface area contributed by atoms with Crippen molar-refractivity contribution in [3.63, 3.8) is 0 Å². The summed E-state index contributed by atoms with van der Waals surface area (Å²) in [7, 11) is 0. The van der Waals surface area contributed by atoms with Gasteiger partial charge in [0.05, 0.1) is 31.4 Å². The molecule has 1 N–H and O–H groups in total. The lowest BCUT2D eigenvalue weighted by Crippen LogP contribution is -2.38. The van der Waals surface area contributed by atoms with Crippen LogP contribution in [0.15, 0.2) is 66.8 Å². The van der Waals surface area contributed by atoms with Gasteiger partial charge in [-0.3, -0.25) is 14.5 Å². The molecule has 2 aromatic carbocycles. The van der Waals surface area contributed by atoms with Crippen LogP contribution in [0, 0.1) is 0 Å². The van der Waals surface area contributed by atoms with E-state index in [-0.39, 0.29) is 11.3 Å². The molecule has 2 aliphatic rings. The maximum atomic E-state index is 13.3. The van der Waals surface area contributed by atoms with Crippen molar-refractivity contribution in [1.82, 2.24) is 9.80 Å². The smallest absolute Gasteiger partial charge is 0.295 e. The Morgan fingerprint density at radius 2 is 1.67 bits per heavy atom. The molecule has 1 amide bonds. The van der Waals surface area contributed by atoms with Crippen molar-refractivity contribution in [3.05, 3.63) is 77.9 Å². The zero-order valence-corrected chi connectivity index (χ0v) is 22.6. The molecule has 2 saturated heterocycles. The Balaban J connectivity index is 1.61. The minimum atomic E-state index is -0.705. The fourth-order valence-electron chi connectivity index (χ4n) is 4.85. The number of hydrogen-bond donors (Lipinski definition) is 1. The Morgan fingerprint density at radius 1 is 1.00 bits per heavy atom. The number of aliphatic hydroxyl groups is 1. The van der Waals surface area contributed by atoms with Crippen LogP contribution in [0.5, 0.6) is 11.5 Å². The molecule has 208 valence electrons. The molecule has 2 aromatic rings. The van der Waals surface area contributed by atoms with E-state index >= 15 is 0 Å². The molecular weight excluding hydrogens is 496 g/mol. The monoisotopic (exact) mass is 534 g/mol. The van der Waals surface area contributed by atoms with Crippen molar-refractivity contribution >= 4 is 17.4 Å². The highest BCUT2D eigenvalue weighted by Gasteiger charge is 2.45. The van der Waals surface area contributed by atoms with Gasteiger partial charge in [0, 0.05) is 31.7 Å². The third-order valence-corrected chi connectivity index (χ3v) is 6.98. The van der Waals surface area contributed by atoms with Gasteiger partial charge in [0.25, 0.3) is 11.7 Å². The standard InChI is InChI=1S/C31H38N2O6/c1-3-5-20-39-26-13-9-24(10-14-26)29(34)27-28(23-7-11-25(12-8-23)38-19-4-2)33(31(36)30(27)35)16-6-15-32-17-21-37-22-18-32/h4,7-14,28,34H,2-3,5-6,15-22H2,1H3. The molecule has 4 rings (SSSR count). The predicted molar refractivity (Wildman–Crippen MR) is 150 cm³/mol. The van der Waals surface area contributed by atoms with Gasteiger partial charge in [0.2, 0.25) is 0 Å². The van der Waals surface area contributed by atoms with Gasteiger partial charge < -0.3 is 24.2 Å². The van der Waals surface area contributed by atoms with E-state index in [0.717, 1.165) is 38.0 Å². The van der Waals surface area contributed by atoms with E-state index in [1.54, 1.807) is 47.4 Å². The molecule has 1 unspecified atom stereocenters. The molecule has 8 heteroatoms. The van der Waals surface area contributed by atoms with E-state index in [2.05, 4.69) is 18.4 Å². The second-order valence-electron chi connectivity index (χ2n) is 9.70. The maximum absolute atomic E-state index is 13.3. The third-order valence-electron chi connectivity index (χ3n) is 6.98. The summed E-state index contributed by atoms with van der Waals surface area (Å²) < 4.78 is 16.8. The van der Waals surface area contributed by atoms with Crippen molar-refractivity contribution in [2.45, 2.75) is 32.2 Å². The molecule has 0 spiro atoms. The van der Waals surface area contributed by atoms with Crippen LogP contribution in [0.4, 0.5) is 0 Å². The van der Waals surface area contributed by atoms with E-state index in [9.17, 15) is 14.7 Å². The van der Waals surface area contributed by atoms with Crippen LogP contribution in [0.2, 0.25) is 0 Å². The van der Waals surface area contributed by atoms with Crippen molar-refractivity contribution in [3.8, 4) is 11.5 Å². The number of morpholine rings is 1. The number of aliphatic hydroxyl groups excluding tert-OH is 1. The summed E-state index contributed by atoms with van der Waals surface area (Å²) in [5.41, 5.74) is 1.28. The first-order chi connectivity index (χ1) is 19.0. The number of hydrogen-bond acceptors (Lipinski definition) is 7. The third kappa shape index (κ3) is 7.07. The molecule has 0 bridgehead atoms. The van der Waals surface area contributed by atoms with Gasteiger partial charge in [-0.25, -0.2) is 0 Å². The minimum absolute atomic E-state index is 0.0887. The Hall–Kier alpha value is -3.62. The molecular formula is C31H38N2O6. The summed E-state index contributed by atoms with van der Waals surface area (Å²) in [4.78, 5) is 30.5. The predicted octanol–water partition coefficient (Wildman–Crippen LogP) is 4.57. The zero-order valence-electron chi connectivity index (χ0n) is 22.6. The molecule has 8 nitrogen and oxygen atoms in total. The molecule has 1 atom stereocenters. The molecule has 0 radical (unpaired) electrons. The van der Waals surface area contributed by atoms with Gasteiger partial charge >= 0.3 is 0 Å². The quantitative estimate of drug-likeness (QED) is 0.132. The molecule has 0 aliphatic carbocycles. The van der Waals surface area contributed by atoms with Crippen molar-refractivity contribution in [2.24, 2.45) is 0 Å². The summed E-state index contributed by atoms with van der Waals surface area (Å²) in [6, 6.07) is 13.5. The van der Waals surface area contributed by atoms with Crippen LogP contribution in [-0.4, -0.2) is 79.2 Å². The van der Waals surface area contributed by atoms with E-state index in [1.807, 2.05) is 12.1 Å². The van der Waals surface area contributed by atoms with Crippen molar-refractivity contribution in [1.29, 1.82) is 0 Å². The molecule has 0 saturated carbocycles. The molecule has 2 heterocycles. The van der Waals surface area contributed by atoms with Crippen LogP contribution < -0.4 is 9.47 Å². The number of amides is 1. The Kier molecular flexibility index (Phi) is 10.2. The van der Waals surface area contributed by atoms with Crippen LogP contribution >= 0.6 is 0 Å². The van der Waals surface area contributed by atoms with E-state index in [0.29, 0.717) is 56.5 Å². The first kappa shape index (κ1) is 28.4. The Labute approximate surface area is 230 Å². The van der Waals surface area contributed by atoms with Crippen LogP contribution in [-0.2, 0) is 14.3 Å². The second-order valence-corrected chi connectivity index (χ2v) is 9.70. The average Bonchev–Trinajstić information content (AvgIpc) is 3.22. The fourth-order valence-corrected chi connectivity index (χ4v) is 4.85. The summed E-state index contributed by atoms with van der Waals surface area (Å²) in [5.74, 6) is -0.132. The number of rotatable bonds is 13. The highest BCUT2D eigenvalue weighted by molar-refractivity contribution is 6.46. The van der Waals surface area contributed by atoms with Crippen molar-refractivity contribution in [2.75, 3.05) is 52.6 Å². The van der Waals surface area contributed by atoms with E-state index in [1.165, 1.54) is 0 Å². The lowest BCUT2D eigenvalue weighted by molar-refractivity contribution is -0.140. The topological polar surface area (TPSA) is 88.5 Å². The normalized spacial score (nSPS) is 19.3. The highest BCUT2D eigenvalue weighted by atomic mass is 16.5. The summed E-state index contributed by atoms with van der Waals surface area (Å²) >= 11 is 0. The summed E-state index contributed by atoms with van der Waals surface area (Å²) in [5, 5.41) is 11.3. The SMILES string of the molecule is C=CCOc1ccc(C2C(=C(O)c3ccc(OCCCC)cc3)C(=O)C(=O)N2CCCN2CCOCC2)cc1. The van der Waals surface area contributed by atoms with Gasteiger partial charge in [-0.05, 0) is 54.8 Å². The number of Topliss-reactive ketones (excluding diaryl/α,β-unsaturated/α-hetero) is 1. The van der Waals surface area contributed by atoms with Crippen LogP contribution in [0.1, 0.15) is 43.4 Å². The molecule has 2 aliphatic heterocycles. The first-order valence-corrected chi connectivity index (χ1v) is 13.7. The van der Waals surface area contributed by atoms with Gasteiger partial charge in [-0.1, -0.05) is 38.1 Å².